The van der Waals surface area contributed by atoms with E-state index in [1.54, 1.807) is 0 Å². The maximum absolute atomic E-state index is 12.3. The van der Waals surface area contributed by atoms with Crippen LogP contribution in [0.3, 0.4) is 0 Å². The molecule has 2 aromatic carbocycles. The predicted molar refractivity (Wildman–Crippen MR) is 115 cm³/mol. The van der Waals surface area contributed by atoms with Crippen LogP contribution in [0.5, 0.6) is 11.5 Å². The molecular formula is C24H30N2O3. The molecule has 0 atom stereocenters. The summed E-state index contributed by atoms with van der Waals surface area (Å²) in [5, 5.41) is 2.90. The Hall–Kier alpha value is -2.53. The summed E-state index contributed by atoms with van der Waals surface area (Å²) in [6.07, 6.45) is 6.93. The average molecular weight is 395 g/mol. The topological polar surface area (TPSA) is 50.8 Å². The van der Waals surface area contributed by atoms with E-state index in [9.17, 15) is 4.79 Å². The first-order valence-electron chi connectivity index (χ1n) is 10.7. The van der Waals surface area contributed by atoms with Gasteiger partial charge in [0.05, 0.1) is 0 Å². The summed E-state index contributed by atoms with van der Waals surface area (Å²) in [5.74, 6) is 1.55. The first-order valence-corrected chi connectivity index (χ1v) is 10.7. The van der Waals surface area contributed by atoms with E-state index < -0.39 is 0 Å². The van der Waals surface area contributed by atoms with E-state index in [0.717, 1.165) is 56.0 Å². The second-order valence-corrected chi connectivity index (χ2v) is 8.08. The second-order valence-electron chi connectivity index (χ2n) is 8.08. The number of nitrogens with one attached hydrogen (secondary N) is 1. The Bertz CT molecular complexity index is 827. The number of hydrogen-bond acceptors (Lipinski definition) is 4. The van der Waals surface area contributed by atoms with Crippen molar-refractivity contribution in [3.8, 4) is 11.5 Å². The number of rotatable bonds is 6. The number of benzene rings is 2. The lowest BCUT2D eigenvalue weighted by Crippen LogP contribution is -2.35. The van der Waals surface area contributed by atoms with Crippen molar-refractivity contribution in [2.24, 2.45) is 0 Å². The van der Waals surface area contributed by atoms with E-state index in [0.29, 0.717) is 0 Å². The van der Waals surface area contributed by atoms with Gasteiger partial charge in [0, 0.05) is 18.8 Å². The molecule has 0 aromatic heterocycles. The van der Waals surface area contributed by atoms with E-state index in [4.69, 9.17) is 9.47 Å². The number of piperidine rings is 1. The van der Waals surface area contributed by atoms with Gasteiger partial charge in [0.1, 0.15) is 17.6 Å². The second kappa shape index (κ2) is 9.31. The molecule has 4 rings (SSSR count). The van der Waals surface area contributed by atoms with Crippen LogP contribution in [0.25, 0.3) is 0 Å². The smallest absolute Gasteiger partial charge is 0.262 e. The Kier molecular flexibility index (Phi) is 6.35. The van der Waals surface area contributed by atoms with Crippen molar-refractivity contribution in [1.82, 2.24) is 4.90 Å². The summed E-state index contributed by atoms with van der Waals surface area (Å²) < 4.78 is 11.9. The molecule has 29 heavy (non-hydrogen) atoms. The normalized spacial score (nSPS) is 17.4. The highest BCUT2D eigenvalue weighted by molar-refractivity contribution is 5.91. The third-order valence-electron chi connectivity index (χ3n) is 5.82. The number of amides is 1. The van der Waals surface area contributed by atoms with Gasteiger partial charge in [-0.2, -0.15) is 0 Å². The van der Waals surface area contributed by atoms with E-state index in [1.165, 1.54) is 24.0 Å². The molecule has 154 valence electrons. The minimum atomic E-state index is -0.151. The van der Waals surface area contributed by atoms with Crippen LogP contribution >= 0.6 is 0 Å². The van der Waals surface area contributed by atoms with Crippen LogP contribution in [0.1, 0.15) is 36.8 Å². The minimum Gasteiger partial charge on any atom is -0.490 e. The van der Waals surface area contributed by atoms with Crippen molar-refractivity contribution in [3.63, 3.8) is 0 Å². The van der Waals surface area contributed by atoms with Crippen LogP contribution in [0.15, 0.2) is 42.5 Å². The van der Waals surface area contributed by atoms with Gasteiger partial charge in [-0.25, -0.2) is 0 Å². The fourth-order valence-corrected chi connectivity index (χ4v) is 4.13. The number of fused-ring (bicyclic) bond motifs is 1. The van der Waals surface area contributed by atoms with Gasteiger partial charge in [-0.05, 0) is 87.0 Å². The highest BCUT2D eigenvalue weighted by atomic mass is 16.5. The number of anilines is 1. The lowest BCUT2D eigenvalue weighted by atomic mass is 9.91. The van der Waals surface area contributed by atoms with Crippen LogP contribution in [-0.2, 0) is 17.6 Å². The summed E-state index contributed by atoms with van der Waals surface area (Å²) in [6.45, 7) is 2.16. The lowest BCUT2D eigenvalue weighted by Gasteiger charge is -2.29. The molecule has 1 aliphatic carbocycles. The fourth-order valence-electron chi connectivity index (χ4n) is 4.13. The molecule has 2 aromatic rings. The minimum absolute atomic E-state index is 0.0182. The summed E-state index contributed by atoms with van der Waals surface area (Å²) in [4.78, 5) is 14.6. The number of likely N-dealkylation sites (tertiary alicyclic amines) is 1. The molecule has 1 saturated heterocycles. The third-order valence-corrected chi connectivity index (χ3v) is 5.82. The highest BCUT2D eigenvalue weighted by Gasteiger charge is 2.18. The van der Waals surface area contributed by atoms with Crippen LogP contribution in [0.4, 0.5) is 5.69 Å². The van der Waals surface area contributed by atoms with Crippen LogP contribution < -0.4 is 14.8 Å². The third kappa shape index (κ3) is 5.30. The molecule has 5 nitrogen and oxygen atoms in total. The molecule has 5 heteroatoms. The number of hydrogen-bond donors (Lipinski definition) is 1. The molecule has 1 heterocycles. The molecule has 2 aliphatic rings. The molecule has 1 aliphatic heterocycles. The molecule has 1 fully saturated rings. The quantitative estimate of drug-likeness (QED) is 0.803. The van der Waals surface area contributed by atoms with Crippen LogP contribution in [0.2, 0.25) is 0 Å². The maximum Gasteiger partial charge on any atom is 0.262 e. The Morgan fingerprint density at radius 2 is 1.83 bits per heavy atom. The molecule has 0 unspecified atom stereocenters. The number of carbonyl (C=O) groups excluding carboxylic acids is 1. The number of carbonyl (C=O) groups is 1. The van der Waals surface area contributed by atoms with Crippen molar-refractivity contribution < 1.29 is 14.3 Å². The number of ether oxygens (including phenoxy) is 2. The first-order chi connectivity index (χ1) is 14.2. The van der Waals surface area contributed by atoms with Gasteiger partial charge in [0.25, 0.3) is 5.91 Å². The molecule has 0 spiro atoms. The van der Waals surface area contributed by atoms with Gasteiger partial charge < -0.3 is 19.7 Å². The Morgan fingerprint density at radius 1 is 1.07 bits per heavy atom. The Morgan fingerprint density at radius 3 is 2.62 bits per heavy atom. The molecule has 1 N–H and O–H groups in total. The summed E-state index contributed by atoms with van der Waals surface area (Å²) >= 11 is 0. The van der Waals surface area contributed by atoms with Gasteiger partial charge in [-0.3, -0.25) is 4.79 Å². The highest BCUT2D eigenvalue weighted by Crippen LogP contribution is 2.29. The van der Waals surface area contributed by atoms with Gasteiger partial charge in [0.15, 0.2) is 6.61 Å². The van der Waals surface area contributed by atoms with Crippen molar-refractivity contribution in [1.29, 1.82) is 0 Å². The Labute approximate surface area is 173 Å². The van der Waals surface area contributed by atoms with Gasteiger partial charge in [0.2, 0.25) is 0 Å². The van der Waals surface area contributed by atoms with E-state index in [-0.39, 0.29) is 18.6 Å². The molecule has 0 radical (unpaired) electrons. The van der Waals surface area contributed by atoms with Crippen LogP contribution in [-0.4, -0.2) is 43.7 Å². The van der Waals surface area contributed by atoms with E-state index in [1.807, 2.05) is 36.4 Å². The summed E-state index contributed by atoms with van der Waals surface area (Å²) in [5.41, 5.74) is 3.38. The summed E-state index contributed by atoms with van der Waals surface area (Å²) in [7, 11) is 2.14. The monoisotopic (exact) mass is 394 g/mol. The van der Waals surface area contributed by atoms with Crippen molar-refractivity contribution in [2.45, 2.75) is 44.6 Å². The first kappa shape index (κ1) is 19.8. The van der Waals surface area contributed by atoms with Crippen molar-refractivity contribution in [3.05, 3.63) is 53.6 Å². The SMILES string of the molecule is CN1CCC(Oc2ccc(NC(=O)COc3cccc4c3CCCC4)cc2)CC1. The lowest BCUT2D eigenvalue weighted by molar-refractivity contribution is -0.118. The molecule has 0 bridgehead atoms. The Balaban J connectivity index is 1.27. The van der Waals surface area contributed by atoms with Crippen molar-refractivity contribution in [2.75, 3.05) is 32.1 Å². The summed E-state index contributed by atoms with van der Waals surface area (Å²) in [6, 6.07) is 13.7. The zero-order valence-corrected chi connectivity index (χ0v) is 17.2. The zero-order valence-electron chi connectivity index (χ0n) is 17.2. The van der Waals surface area contributed by atoms with Gasteiger partial charge >= 0.3 is 0 Å². The van der Waals surface area contributed by atoms with Gasteiger partial charge in [-0.1, -0.05) is 12.1 Å². The van der Waals surface area contributed by atoms with Crippen molar-refractivity contribution >= 4 is 11.6 Å². The van der Waals surface area contributed by atoms with Crippen LogP contribution in [0, 0.1) is 0 Å². The number of nitrogens with zero attached hydrogens (tertiary/aromatic N) is 1. The fraction of sp³-hybridized carbons (Fsp3) is 0.458. The largest absolute Gasteiger partial charge is 0.490 e. The maximum atomic E-state index is 12.3. The average Bonchev–Trinajstić information content (AvgIpc) is 2.75. The van der Waals surface area contributed by atoms with Gasteiger partial charge in [-0.15, -0.1) is 0 Å². The van der Waals surface area contributed by atoms with E-state index in [2.05, 4.69) is 23.3 Å². The molecule has 1 amide bonds. The predicted octanol–water partition coefficient (Wildman–Crippen LogP) is 4.06. The molecular weight excluding hydrogens is 364 g/mol. The number of aryl methyl sites for hydroxylation is 1. The molecule has 0 saturated carbocycles. The standard InChI is InChI=1S/C24H30N2O3/c1-26-15-13-21(14-16-26)29-20-11-9-19(10-12-20)25-24(27)17-28-23-8-4-6-18-5-2-3-7-22(18)23/h4,6,8-12,21H,2-3,5,7,13-17H2,1H3,(H,25,27). The zero-order chi connectivity index (χ0) is 20.1. The van der Waals surface area contributed by atoms with E-state index >= 15 is 0 Å².